The predicted molar refractivity (Wildman–Crippen MR) is 43.4 cm³/mol. The fourth-order valence-corrected chi connectivity index (χ4v) is 1.17. The Balaban J connectivity index is 2.16. The minimum Gasteiger partial charge on any atom is -0.372 e. The topological polar surface area (TPSA) is 84.3 Å². The molecule has 1 saturated heterocycles. The molecule has 1 aromatic rings. The summed E-state index contributed by atoms with van der Waals surface area (Å²) < 4.78 is 5.06. The molecule has 2 unspecified atom stereocenters. The second-order valence-electron chi connectivity index (χ2n) is 3.06. The van der Waals surface area contributed by atoms with Gasteiger partial charge in [0.15, 0.2) is 0 Å². The molecule has 1 N–H and O–H groups in total. The van der Waals surface area contributed by atoms with Gasteiger partial charge in [0.25, 0.3) is 0 Å². The van der Waals surface area contributed by atoms with Crippen LogP contribution in [0.25, 0.3) is 0 Å². The summed E-state index contributed by atoms with van der Waals surface area (Å²) >= 11 is 0. The Bertz CT molecular complexity index is 331. The van der Waals surface area contributed by atoms with Crippen molar-refractivity contribution in [2.75, 3.05) is 6.61 Å². The van der Waals surface area contributed by atoms with Crippen molar-refractivity contribution in [2.45, 2.75) is 18.9 Å². The minimum atomic E-state index is -0.513. The van der Waals surface area contributed by atoms with E-state index < -0.39 is 4.92 Å². The van der Waals surface area contributed by atoms with Crippen LogP contribution in [0.2, 0.25) is 0 Å². The normalized spacial score (nSPS) is 22.7. The van der Waals surface area contributed by atoms with Crippen LogP contribution in [0.1, 0.15) is 18.7 Å². The number of epoxide rings is 1. The van der Waals surface area contributed by atoms with Crippen LogP contribution >= 0.6 is 0 Å². The number of hydrogen-bond donors (Lipinski definition) is 1. The summed E-state index contributed by atoms with van der Waals surface area (Å²) in [5.74, 6) is 0.588. The van der Waals surface area contributed by atoms with E-state index in [4.69, 9.17) is 4.74 Å². The van der Waals surface area contributed by atoms with Gasteiger partial charge in [-0.05, 0) is 9.91 Å². The molecule has 1 aromatic heterocycles. The van der Waals surface area contributed by atoms with Crippen LogP contribution in [0, 0.1) is 10.1 Å². The van der Waals surface area contributed by atoms with Crippen LogP contribution < -0.4 is 0 Å². The Morgan fingerprint density at radius 3 is 3.08 bits per heavy atom. The summed E-state index contributed by atoms with van der Waals surface area (Å²) in [7, 11) is 0. The average Bonchev–Trinajstić information content (AvgIpc) is 2.81. The van der Waals surface area contributed by atoms with Crippen LogP contribution in [0.5, 0.6) is 0 Å². The van der Waals surface area contributed by atoms with Gasteiger partial charge in [-0.2, -0.15) is 0 Å². The molecule has 0 bridgehead atoms. The third-order valence-corrected chi connectivity index (χ3v) is 2.12. The number of ether oxygens (including phenoxy) is 1. The molecular formula is C7H9N3O3. The third kappa shape index (κ3) is 1.52. The lowest BCUT2D eigenvalue weighted by Crippen LogP contribution is -2.03. The van der Waals surface area contributed by atoms with Crippen molar-refractivity contribution in [1.29, 1.82) is 0 Å². The number of aromatic amines is 1. The molecule has 0 aromatic carbocycles. The molecule has 1 fully saturated rings. The number of nitrogens with zero attached hydrogens (tertiary/aromatic N) is 2. The highest BCUT2D eigenvalue weighted by molar-refractivity contribution is 5.18. The van der Waals surface area contributed by atoms with Crippen LogP contribution in [0.15, 0.2) is 6.20 Å². The number of nitro groups is 1. The first-order chi connectivity index (χ1) is 6.18. The molecule has 0 saturated carbocycles. The molecule has 70 valence electrons. The van der Waals surface area contributed by atoms with Gasteiger partial charge in [-0.25, -0.2) is 0 Å². The van der Waals surface area contributed by atoms with E-state index in [-0.39, 0.29) is 17.8 Å². The van der Waals surface area contributed by atoms with Gasteiger partial charge in [-0.3, -0.25) is 0 Å². The maximum Gasteiger partial charge on any atom is 0.381 e. The van der Waals surface area contributed by atoms with Crippen LogP contribution in [0.3, 0.4) is 0 Å². The predicted octanol–water partition coefficient (Wildman–Crippen LogP) is 0.820. The lowest BCUT2D eigenvalue weighted by molar-refractivity contribution is -0.389. The van der Waals surface area contributed by atoms with E-state index in [2.05, 4.69) is 9.97 Å². The summed E-state index contributed by atoms with van der Waals surface area (Å²) in [6, 6.07) is 0. The van der Waals surface area contributed by atoms with Gasteiger partial charge < -0.3 is 19.8 Å². The fourth-order valence-electron chi connectivity index (χ4n) is 1.17. The van der Waals surface area contributed by atoms with E-state index in [9.17, 15) is 10.1 Å². The van der Waals surface area contributed by atoms with E-state index in [1.807, 2.05) is 6.92 Å². The molecule has 1 aliphatic heterocycles. The van der Waals surface area contributed by atoms with Crippen molar-refractivity contribution in [3.8, 4) is 0 Å². The molecule has 1 aliphatic rings. The van der Waals surface area contributed by atoms with Crippen molar-refractivity contribution in [3.05, 3.63) is 22.1 Å². The number of hydrogen-bond acceptors (Lipinski definition) is 4. The quantitative estimate of drug-likeness (QED) is 0.427. The second-order valence-corrected chi connectivity index (χ2v) is 3.06. The van der Waals surface area contributed by atoms with E-state index in [0.717, 1.165) is 6.61 Å². The number of imidazole rings is 1. The zero-order valence-corrected chi connectivity index (χ0v) is 7.06. The summed E-state index contributed by atoms with van der Waals surface area (Å²) in [5.41, 5.74) is 0. The van der Waals surface area contributed by atoms with Gasteiger partial charge in [0.1, 0.15) is 6.20 Å². The van der Waals surface area contributed by atoms with Gasteiger partial charge in [0.2, 0.25) is 5.82 Å². The largest absolute Gasteiger partial charge is 0.381 e. The number of nitrogens with one attached hydrogen (secondary N) is 1. The summed E-state index contributed by atoms with van der Waals surface area (Å²) in [4.78, 5) is 16.4. The van der Waals surface area contributed by atoms with Crippen molar-refractivity contribution in [1.82, 2.24) is 9.97 Å². The highest BCUT2D eigenvalue weighted by Crippen LogP contribution is 2.27. The fraction of sp³-hybridized carbons (Fsp3) is 0.571. The van der Waals surface area contributed by atoms with Crippen molar-refractivity contribution in [3.63, 3.8) is 0 Å². The minimum absolute atomic E-state index is 0.105. The molecule has 13 heavy (non-hydrogen) atoms. The smallest absolute Gasteiger partial charge is 0.372 e. The lowest BCUT2D eigenvalue weighted by atomic mass is 10.1. The molecular weight excluding hydrogens is 174 g/mol. The van der Waals surface area contributed by atoms with Gasteiger partial charge >= 0.3 is 5.82 Å². The Morgan fingerprint density at radius 1 is 1.92 bits per heavy atom. The van der Waals surface area contributed by atoms with Crippen molar-refractivity contribution in [2.24, 2.45) is 0 Å². The molecule has 6 nitrogen and oxygen atoms in total. The Kier molecular flexibility index (Phi) is 1.77. The molecule has 0 spiro atoms. The zero-order valence-electron chi connectivity index (χ0n) is 7.06. The van der Waals surface area contributed by atoms with Gasteiger partial charge in [0.05, 0.1) is 18.6 Å². The van der Waals surface area contributed by atoms with Crippen LogP contribution in [-0.4, -0.2) is 27.6 Å². The molecule has 2 heterocycles. The van der Waals surface area contributed by atoms with Crippen LogP contribution in [-0.2, 0) is 4.74 Å². The van der Waals surface area contributed by atoms with E-state index in [1.54, 1.807) is 0 Å². The number of rotatable bonds is 3. The lowest BCUT2D eigenvalue weighted by Gasteiger charge is -1.97. The monoisotopic (exact) mass is 183 g/mol. The Labute approximate surface area is 74.1 Å². The Morgan fingerprint density at radius 2 is 2.62 bits per heavy atom. The standard InChI is InChI=1S/C7H9N3O3/c1-4(5-3-13-5)7-8-2-6(9-7)10(11)12/h2,4-5H,3H2,1H3,(H,8,9). The van der Waals surface area contributed by atoms with Crippen molar-refractivity contribution < 1.29 is 9.66 Å². The van der Waals surface area contributed by atoms with E-state index >= 15 is 0 Å². The molecule has 6 heteroatoms. The molecule has 0 amide bonds. The maximum atomic E-state index is 10.3. The average molecular weight is 183 g/mol. The summed E-state index contributed by atoms with van der Waals surface area (Å²) in [6.45, 7) is 2.65. The Hall–Kier alpha value is -1.43. The molecule has 2 rings (SSSR count). The summed E-state index contributed by atoms with van der Waals surface area (Å²) in [5, 5.41) is 10.3. The summed E-state index contributed by atoms with van der Waals surface area (Å²) in [6.07, 6.45) is 1.47. The first-order valence-electron chi connectivity index (χ1n) is 4.00. The van der Waals surface area contributed by atoms with Crippen molar-refractivity contribution >= 4 is 5.82 Å². The maximum absolute atomic E-state index is 10.3. The molecule has 2 atom stereocenters. The SMILES string of the molecule is CC(c1nc([N+](=O)[O-])c[nH]1)C1CO1. The van der Waals surface area contributed by atoms with Gasteiger partial charge in [-0.15, -0.1) is 0 Å². The van der Waals surface area contributed by atoms with Crippen LogP contribution in [0.4, 0.5) is 5.82 Å². The van der Waals surface area contributed by atoms with E-state index in [1.165, 1.54) is 6.20 Å². The second kappa shape index (κ2) is 2.81. The number of aromatic nitrogens is 2. The van der Waals surface area contributed by atoms with Gasteiger partial charge in [-0.1, -0.05) is 6.92 Å². The van der Waals surface area contributed by atoms with E-state index in [0.29, 0.717) is 5.82 Å². The highest BCUT2D eigenvalue weighted by Gasteiger charge is 2.35. The first-order valence-corrected chi connectivity index (χ1v) is 4.00. The third-order valence-electron chi connectivity index (χ3n) is 2.12. The first kappa shape index (κ1) is 8.18. The number of H-pyrrole nitrogens is 1. The molecule has 0 aliphatic carbocycles. The zero-order chi connectivity index (χ0) is 9.42. The highest BCUT2D eigenvalue weighted by atomic mass is 16.6. The molecule has 0 radical (unpaired) electrons. The van der Waals surface area contributed by atoms with Gasteiger partial charge in [0, 0.05) is 0 Å².